The number of carbonyl (C=O) groups is 2. The molecule has 116 valence electrons. The third-order valence-corrected chi connectivity index (χ3v) is 3.16. The number of rotatable bonds is 4. The molecular weight excluding hydrogens is 280 g/mol. The molecule has 0 aliphatic rings. The lowest BCUT2D eigenvalue weighted by Crippen LogP contribution is -2.15. The fourth-order valence-electron chi connectivity index (χ4n) is 1.80. The lowest BCUT2D eigenvalue weighted by Gasteiger charge is -2.09. The summed E-state index contributed by atoms with van der Waals surface area (Å²) in [5.41, 5.74) is 0. The predicted molar refractivity (Wildman–Crippen MR) is 84.9 cm³/mol. The minimum Gasteiger partial charge on any atom is -0.426 e. The highest BCUT2D eigenvalue weighted by Crippen LogP contribution is 2.25. The molecule has 0 radical (unpaired) electrons. The Morgan fingerprint density at radius 2 is 1.09 bits per heavy atom. The smallest absolute Gasteiger partial charge is 0.313 e. The fraction of sp³-hybridized carbons (Fsp3) is 0.333. The van der Waals surface area contributed by atoms with Gasteiger partial charge in [-0.1, -0.05) is 39.8 Å². The van der Waals surface area contributed by atoms with Crippen LogP contribution < -0.4 is 9.47 Å². The Morgan fingerprint density at radius 1 is 0.727 bits per heavy atom. The van der Waals surface area contributed by atoms with Gasteiger partial charge in [0.15, 0.2) is 0 Å². The van der Waals surface area contributed by atoms with Crippen molar-refractivity contribution < 1.29 is 19.1 Å². The Kier molecular flexibility index (Phi) is 4.81. The van der Waals surface area contributed by atoms with Gasteiger partial charge < -0.3 is 9.47 Å². The molecule has 2 rings (SSSR count). The van der Waals surface area contributed by atoms with Gasteiger partial charge in [0.25, 0.3) is 0 Å². The maximum Gasteiger partial charge on any atom is 0.313 e. The summed E-state index contributed by atoms with van der Waals surface area (Å²) >= 11 is 0. The summed E-state index contributed by atoms with van der Waals surface area (Å²) in [6, 6.07) is 10.7. The van der Waals surface area contributed by atoms with Crippen LogP contribution in [0.25, 0.3) is 10.8 Å². The minimum absolute atomic E-state index is 0.173. The van der Waals surface area contributed by atoms with E-state index in [9.17, 15) is 9.59 Å². The standard InChI is InChI=1S/C18H20O4/c1-11(2)17(19)21-15-7-5-14-10-16(8-6-13(14)9-15)22-18(20)12(3)4/h5-12H,1-4H3. The summed E-state index contributed by atoms with van der Waals surface area (Å²) in [5.74, 6) is 0.155. The molecule has 0 aromatic heterocycles. The second kappa shape index (κ2) is 6.60. The zero-order valence-corrected chi connectivity index (χ0v) is 13.3. The van der Waals surface area contributed by atoms with E-state index in [1.165, 1.54) is 0 Å². The van der Waals surface area contributed by atoms with Gasteiger partial charge in [-0.25, -0.2) is 0 Å². The Hall–Kier alpha value is -2.36. The van der Waals surface area contributed by atoms with E-state index in [2.05, 4.69) is 0 Å². The van der Waals surface area contributed by atoms with Gasteiger partial charge in [0.05, 0.1) is 11.8 Å². The quantitative estimate of drug-likeness (QED) is 0.633. The van der Waals surface area contributed by atoms with Crippen molar-refractivity contribution >= 4 is 22.7 Å². The number of carbonyl (C=O) groups excluding carboxylic acids is 2. The van der Waals surface area contributed by atoms with Crippen molar-refractivity contribution in [3.8, 4) is 11.5 Å². The molecule has 0 aliphatic heterocycles. The van der Waals surface area contributed by atoms with Crippen molar-refractivity contribution in [2.75, 3.05) is 0 Å². The molecule has 0 spiro atoms. The largest absolute Gasteiger partial charge is 0.426 e. The Morgan fingerprint density at radius 3 is 1.41 bits per heavy atom. The number of ether oxygens (including phenoxy) is 2. The Bertz CT molecular complexity index is 640. The van der Waals surface area contributed by atoms with Gasteiger partial charge in [0.1, 0.15) is 11.5 Å². The van der Waals surface area contributed by atoms with E-state index in [-0.39, 0.29) is 23.8 Å². The summed E-state index contributed by atoms with van der Waals surface area (Å²) in [7, 11) is 0. The van der Waals surface area contributed by atoms with Gasteiger partial charge in [-0.3, -0.25) is 9.59 Å². The highest BCUT2D eigenvalue weighted by molar-refractivity contribution is 5.87. The van der Waals surface area contributed by atoms with E-state index in [1.807, 2.05) is 12.1 Å². The minimum atomic E-state index is -0.262. The Balaban J connectivity index is 2.22. The molecule has 0 amide bonds. The number of hydrogen-bond donors (Lipinski definition) is 0. The van der Waals surface area contributed by atoms with Crippen molar-refractivity contribution in [2.24, 2.45) is 11.8 Å². The average Bonchev–Trinajstić information content (AvgIpc) is 2.47. The molecule has 4 nitrogen and oxygen atoms in total. The van der Waals surface area contributed by atoms with Crippen molar-refractivity contribution in [2.45, 2.75) is 27.7 Å². The third kappa shape index (κ3) is 3.85. The van der Waals surface area contributed by atoms with Crippen molar-refractivity contribution in [1.82, 2.24) is 0 Å². The van der Waals surface area contributed by atoms with Crippen molar-refractivity contribution in [3.05, 3.63) is 36.4 Å². The SMILES string of the molecule is CC(C)C(=O)Oc1ccc2cc(OC(=O)C(C)C)ccc2c1. The molecule has 0 atom stereocenters. The van der Waals surface area contributed by atoms with Gasteiger partial charge in [0.2, 0.25) is 0 Å². The lowest BCUT2D eigenvalue weighted by atomic mass is 10.1. The zero-order valence-electron chi connectivity index (χ0n) is 13.3. The van der Waals surface area contributed by atoms with E-state index >= 15 is 0 Å². The van der Waals surface area contributed by atoms with E-state index in [1.54, 1.807) is 52.0 Å². The summed E-state index contributed by atoms with van der Waals surface area (Å²) in [6.45, 7) is 7.16. The second-order valence-electron chi connectivity index (χ2n) is 5.82. The first kappa shape index (κ1) is 16.0. The first-order valence-corrected chi connectivity index (χ1v) is 7.34. The molecule has 0 heterocycles. The maximum atomic E-state index is 11.6. The van der Waals surface area contributed by atoms with Crippen LogP contribution in [0.3, 0.4) is 0 Å². The Labute approximate surface area is 130 Å². The summed E-state index contributed by atoms with van der Waals surface area (Å²) < 4.78 is 10.6. The van der Waals surface area contributed by atoms with Crippen LogP contribution in [0.4, 0.5) is 0 Å². The summed E-state index contributed by atoms with van der Waals surface area (Å²) in [6.07, 6.45) is 0. The topological polar surface area (TPSA) is 52.6 Å². The van der Waals surface area contributed by atoms with Crippen LogP contribution in [0, 0.1) is 11.8 Å². The molecule has 0 bridgehead atoms. The van der Waals surface area contributed by atoms with Gasteiger partial charge in [-0.2, -0.15) is 0 Å². The number of fused-ring (bicyclic) bond motifs is 1. The van der Waals surface area contributed by atoms with Crippen LogP contribution in [0.2, 0.25) is 0 Å². The van der Waals surface area contributed by atoms with Crippen LogP contribution >= 0.6 is 0 Å². The van der Waals surface area contributed by atoms with E-state index in [4.69, 9.17) is 9.47 Å². The molecule has 0 N–H and O–H groups in total. The molecule has 0 saturated carbocycles. The molecule has 2 aromatic carbocycles. The highest BCUT2D eigenvalue weighted by Gasteiger charge is 2.12. The van der Waals surface area contributed by atoms with Crippen LogP contribution in [0.1, 0.15) is 27.7 Å². The summed E-state index contributed by atoms with van der Waals surface area (Å²) in [4.78, 5) is 23.2. The first-order valence-electron chi connectivity index (χ1n) is 7.34. The first-order chi connectivity index (χ1) is 10.4. The molecule has 4 heteroatoms. The monoisotopic (exact) mass is 300 g/mol. The van der Waals surface area contributed by atoms with Gasteiger partial charge in [-0.15, -0.1) is 0 Å². The van der Waals surface area contributed by atoms with Crippen LogP contribution in [0.15, 0.2) is 36.4 Å². The molecule has 2 aromatic rings. The molecular formula is C18H20O4. The number of esters is 2. The van der Waals surface area contributed by atoms with Gasteiger partial charge in [-0.05, 0) is 35.0 Å². The van der Waals surface area contributed by atoms with Crippen LogP contribution in [-0.4, -0.2) is 11.9 Å². The van der Waals surface area contributed by atoms with Crippen LogP contribution in [-0.2, 0) is 9.59 Å². The molecule has 0 fully saturated rings. The van der Waals surface area contributed by atoms with Crippen molar-refractivity contribution in [1.29, 1.82) is 0 Å². The van der Waals surface area contributed by atoms with E-state index in [0.717, 1.165) is 10.8 Å². The maximum absolute atomic E-state index is 11.6. The second-order valence-corrected chi connectivity index (χ2v) is 5.82. The lowest BCUT2D eigenvalue weighted by molar-refractivity contribution is -0.138. The highest BCUT2D eigenvalue weighted by atomic mass is 16.5. The van der Waals surface area contributed by atoms with Crippen molar-refractivity contribution in [3.63, 3.8) is 0 Å². The van der Waals surface area contributed by atoms with Gasteiger partial charge >= 0.3 is 11.9 Å². The summed E-state index contributed by atoms with van der Waals surface area (Å²) in [5, 5.41) is 1.83. The fourth-order valence-corrected chi connectivity index (χ4v) is 1.80. The number of hydrogen-bond acceptors (Lipinski definition) is 4. The normalized spacial score (nSPS) is 11.0. The number of benzene rings is 2. The molecule has 22 heavy (non-hydrogen) atoms. The predicted octanol–water partition coefficient (Wildman–Crippen LogP) is 3.96. The van der Waals surface area contributed by atoms with E-state index in [0.29, 0.717) is 11.5 Å². The average molecular weight is 300 g/mol. The zero-order chi connectivity index (χ0) is 16.3. The van der Waals surface area contributed by atoms with Gasteiger partial charge in [0, 0.05) is 0 Å². The van der Waals surface area contributed by atoms with Crippen LogP contribution in [0.5, 0.6) is 11.5 Å². The molecule has 0 aliphatic carbocycles. The third-order valence-electron chi connectivity index (χ3n) is 3.16. The molecule has 0 unspecified atom stereocenters. The molecule has 0 saturated heterocycles. The van der Waals surface area contributed by atoms with E-state index < -0.39 is 0 Å².